The molecule has 0 saturated carbocycles. The number of nitrogens with one attached hydrogen (secondary N) is 1. The van der Waals surface area contributed by atoms with Gasteiger partial charge in [0, 0.05) is 0 Å². The van der Waals surface area contributed by atoms with E-state index in [-0.39, 0.29) is 17.7 Å². The second-order valence-corrected chi connectivity index (χ2v) is 3.42. The molecule has 0 aliphatic rings. The molecule has 0 spiro atoms. The molecule has 0 radical (unpaired) electrons. The van der Waals surface area contributed by atoms with Crippen LogP contribution in [0.15, 0.2) is 30.3 Å². The van der Waals surface area contributed by atoms with Crippen molar-refractivity contribution in [3.8, 4) is 11.8 Å². The van der Waals surface area contributed by atoms with Gasteiger partial charge >= 0.3 is 0 Å². The van der Waals surface area contributed by atoms with Gasteiger partial charge < -0.3 is 15.5 Å². The van der Waals surface area contributed by atoms with E-state index >= 15 is 0 Å². The topological polar surface area (TPSA) is 78.3 Å². The average Bonchev–Trinajstić information content (AvgIpc) is 2.20. The van der Waals surface area contributed by atoms with Crippen LogP contribution in [-0.2, 0) is 0 Å². The molecule has 0 unspecified atom stereocenters. The number of halogens is 1. The average molecular weight is 238 g/mol. The van der Waals surface area contributed by atoms with E-state index in [0.717, 1.165) is 6.07 Å². The van der Waals surface area contributed by atoms with Crippen molar-refractivity contribution in [2.45, 2.75) is 0 Å². The van der Waals surface area contributed by atoms with Crippen LogP contribution < -0.4 is 5.32 Å². The van der Waals surface area contributed by atoms with Crippen molar-refractivity contribution in [2.24, 2.45) is 0 Å². The molecule has 0 aliphatic carbocycles. The van der Waals surface area contributed by atoms with Crippen LogP contribution >= 0.6 is 11.6 Å². The quantitative estimate of drug-likeness (QED) is 0.747. The number of hydrogen-bond donors (Lipinski definition) is 3. The zero-order chi connectivity index (χ0) is 11.5. The Bertz CT molecular complexity index is 499. The zero-order valence-electron chi connectivity index (χ0n) is 8.05. The Morgan fingerprint density at radius 2 is 1.69 bits per heavy atom. The van der Waals surface area contributed by atoms with Gasteiger partial charge in [-0.3, -0.25) is 0 Å². The fourth-order valence-electron chi connectivity index (χ4n) is 1.16. The van der Waals surface area contributed by atoms with Crippen molar-refractivity contribution in [1.29, 1.82) is 0 Å². The van der Waals surface area contributed by atoms with Gasteiger partial charge in [0.05, 0.1) is 16.8 Å². The van der Waals surface area contributed by atoms with E-state index in [2.05, 4.69) is 15.3 Å². The zero-order valence-corrected chi connectivity index (χ0v) is 8.81. The molecule has 0 saturated heterocycles. The van der Waals surface area contributed by atoms with Crippen LogP contribution in [0.25, 0.3) is 0 Å². The summed E-state index contributed by atoms with van der Waals surface area (Å²) >= 11 is 5.91. The first kappa shape index (κ1) is 10.5. The maximum absolute atomic E-state index is 9.16. The number of benzene rings is 1. The summed E-state index contributed by atoms with van der Waals surface area (Å²) in [6.07, 6.45) is 0. The molecular weight excluding hydrogens is 230 g/mol. The Kier molecular flexibility index (Phi) is 2.78. The fourth-order valence-corrected chi connectivity index (χ4v) is 1.34. The Balaban J connectivity index is 2.30. The molecule has 0 fully saturated rings. The van der Waals surface area contributed by atoms with E-state index in [9.17, 15) is 0 Å². The summed E-state index contributed by atoms with van der Waals surface area (Å²) in [5.41, 5.74) is 0.592. The molecule has 6 heteroatoms. The van der Waals surface area contributed by atoms with E-state index in [1.165, 1.54) is 0 Å². The molecule has 3 N–H and O–H groups in total. The van der Waals surface area contributed by atoms with Crippen LogP contribution in [0.3, 0.4) is 0 Å². The lowest BCUT2D eigenvalue weighted by Crippen LogP contribution is -1.97. The highest BCUT2D eigenvalue weighted by Crippen LogP contribution is 2.24. The van der Waals surface area contributed by atoms with E-state index in [4.69, 9.17) is 21.8 Å². The van der Waals surface area contributed by atoms with Crippen molar-refractivity contribution < 1.29 is 10.2 Å². The third kappa shape index (κ3) is 2.32. The van der Waals surface area contributed by atoms with E-state index in [1.807, 2.05) is 0 Å². The second-order valence-electron chi connectivity index (χ2n) is 3.01. The van der Waals surface area contributed by atoms with Gasteiger partial charge in [0.25, 0.3) is 0 Å². The van der Waals surface area contributed by atoms with Crippen LogP contribution in [-0.4, -0.2) is 20.2 Å². The number of nitrogens with zero attached hydrogens (tertiary/aromatic N) is 2. The molecule has 0 bridgehead atoms. The number of rotatable bonds is 2. The van der Waals surface area contributed by atoms with Crippen molar-refractivity contribution >= 4 is 23.2 Å². The molecule has 5 nitrogen and oxygen atoms in total. The fraction of sp³-hybridized carbons (Fsp3) is 0. The van der Waals surface area contributed by atoms with Gasteiger partial charge in [-0.15, -0.1) is 0 Å². The predicted octanol–water partition coefficient (Wildman–Crippen LogP) is 2.28. The summed E-state index contributed by atoms with van der Waals surface area (Å²) in [5, 5.41) is 21.6. The van der Waals surface area contributed by atoms with Gasteiger partial charge in [0.2, 0.25) is 17.7 Å². The summed E-state index contributed by atoms with van der Waals surface area (Å²) < 4.78 is 0. The largest absolute Gasteiger partial charge is 0.493 e. The van der Waals surface area contributed by atoms with Gasteiger partial charge in [-0.25, -0.2) is 0 Å². The van der Waals surface area contributed by atoms with Gasteiger partial charge in [0.1, 0.15) is 0 Å². The molecule has 1 aromatic carbocycles. The third-order valence-electron chi connectivity index (χ3n) is 1.82. The lowest BCUT2D eigenvalue weighted by molar-refractivity contribution is 0.423. The molecule has 2 aromatic rings. The first-order chi connectivity index (χ1) is 7.65. The molecule has 0 atom stereocenters. The van der Waals surface area contributed by atoms with Gasteiger partial charge in [-0.05, 0) is 12.1 Å². The van der Waals surface area contributed by atoms with Crippen LogP contribution in [0.4, 0.5) is 11.6 Å². The first-order valence-corrected chi connectivity index (χ1v) is 4.81. The predicted molar refractivity (Wildman–Crippen MR) is 60.1 cm³/mol. The van der Waals surface area contributed by atoms with Crippen LogP contribution in [0.2, 0.25) is 5.02 Å². The van der Waals surface area contributed by atoms with E-state index < -0.39 is 0 Å². The molecule has 0 aliphatic heterocycles. The van der Waals surface area contributed by atoms with Gasteiger partial charge in [0.15, 0.2) is 0 Å². The molecule has 82 valence electrons. The molecule has 2 rings (SSSR count). The van der Waals surface area contributed by atoms with Crippen LogP contribution in [0.1, 0.15) is 0 Å². The minimum absolute atomic E-state index is 0.0746. The first-order valence-electron chi connectivity index (χ1n) is 4.44. The normalized spacial score (nSPS) is 10.1. The minimum Gasteiger partial charge on any atom is -0.493 e. The lowest BCUT2D eigenvalue weighted by atomic mass is 10.3. The Morgan fingerprint density at radius 3 is 2.31 bits per heavy atom. The van der Waals surface area contributed by atoms with Crippen LogP contribution in [0.5, 0.6) is 11.8 Å². The smallest absolute Gasteiger partial charge is 0.233 e. The van der Waals surface area contributed by atoms with Crippen LogP contribution in [0, 0.1) is 0 Å². The molecule has 0 amide bonds. The van der Waals surface area contributed by atoms with Gasteiger partial charge in [-0.1, -0.05) is 23.7 Å². The highest BCUT2D eigenvalue weighted by atomic mass is 35.5. The van der Waals surface area contributed by atoms with E-state index in [0.29, 0.717) is 10.7 Å². The van der Waals surface area contributed by atoms with Crippen molar-refractivity contribution in [3.63, 3.8) is 0 Å². The monoisotopic (exact) mass is 237 g/mol. The molecule has 1 aromatic heterocycles. The van der Waals surface area contributed by atoms with Crippen molar-refractivity contribution in [2.75, 3.05) is 5.32 Å². The minimum atomic E-state index is -0.318. The maximum Gasteiger partial charge on any atom is 0.233 e. The Morgan fingerprint density at radius 1 is 1.06 bits per heavy atom. The number of anilines is 2. The number of para-hydroxylation sites is 1. The number of hydrogen-bond acceptors (Lipinski definition) is 5. The molecule has 16 heavy (non-hydrogen) atoms. The Labute approximate surface area is 96.4 Å². The summed E-state index contributed by atoms with van der Waals surface area (Å²) in [4.78, 5) is 7.37. The van der Waals surface area contributed by atoms with Crippen molar-refractivity contribution in [3.05, 3.63) is 35.4 Å². The maximum atomic E-state index is 9.16. The SMILES string of the molecule is Oc1cc(O)nc(Nc2ccccc2Cl)n1. The van der Waals surface area contributed by atoms with E-state index in [1.54, 1.807) is 24.3 Å². The van der Waals surface area contributed by atoms with Gasteiger partial charge in [-0.2, -0.15) is 9.97 Å². The highest BCUT2D eigenvalue weighted by Gasteiger charge is 2.04. The summed E-state index contributed by atoms with van der Waals surface area (Å²) in [7, 11) is 0. The molecular formula is C10H8ClN3O2. The molecule has 1 heterocycles. The summed E-state index contributed by atoms with van der Waals surface area (Å²) in [6, 6.07) is 8.04. The van der Waals surface area contributed by atoms with Crippen molar-refractivity contribution in [1.82, 2.24) is 9.97 Å². The standard InChI is InChI=1S/C10H8ClN3O2/c11-6-3-1-2-4-7(6)12-10-13-8(15)5-9(16)14-10/h1-5H,(H3,12,13,14,15,16). The summed E-state index contributed by atoms with van der Waals surface area (Å²) in [5.74, 6) is -0.560. The number of aromatic nitrogens is 2. The highest BCUT2D eigenvalue weighted by molar-refractivity contribution is 6.33. The number of aromatic hydroxyl groups is 2. The lowest BCUT2D eigenvalue weighted by Gasteiger charge is -2.06. The Hall–Kier alpha value is -2.01. The second kappa shape index (κ2) is 4.24. The summed E-state index contributed by atoms with van der Waals surface area (Å²) in [6.45, 7) is 0. The third-order valence-corrected chi connectivity index (χ3v) is 2.15.